The van der Waals surface area contributed by atoms with Crippen LogP contribution in [0, 0.1) is 20.2 Å². The molecule has 0 radical (unpaired) electrons. The second-order valence-electron chi connectivity index (χ2n) is 7.61. The number of anilines is 4. The van der Waals surface area contributed by atoms with Gasteiger partial charge in [0.1, 0.15) is 0 Å². The van der Waals surface area contributed by atoms with Crippen molar-refractivity contribution >= 4 is 70.3 Å². The topological polar surface area (TPSA) is 173 Å². The summed E-state index contributed by atoms with van der Waals surface area (Å²) in [6, 6.07) is 18.8. The predicted molar refractivity (Wildman–Crippen MR) is 150 cm³/mol. The van der Waals surface area contributed by atoms with Gasteiger partial charge >= 0.3 is 0 Å². The van der Waals surface area contributed by atoms with Crippen molar-refractivity contribution in [2.75, 3.05) is 16.2 Å². The predicted octanol–water partition coefficient (Wildman–Crippen LogP) is 6.24. The van der Waals surface area contributed by atoms with Crippen LogP contribution in [0.2, 0.25) is 10.0 Å². The Kier molecular flexibility index (Phi) is 8.56. The number of aromatic nitrogens is 2. The number of nitro benzene ring substituents is 2. The summed E-state index contributed by atoms with van der Waals surface area (Å²) in [7, 11) is 0. The Balaban J connectivity index is 1.60. The van der Waals surface area contributed by atoms with Crippen molar-refractivity contribution in [3.8, 4) is 0 Å². The van der Waals surface area contributed by atoms with Gasteiger partial charge in [0.2, 0.25) is 5.95 Å². The molecule has 0 aliphatic heterocycles. The van der Waals surface area contributed by atoms with E-state index in [2.05, 4.69) is 36.3 Å². The zero-order valence-corrected chi connectivity index (χ0v) is 21.2. The number of nitrogens with zero attached hydrogens (tertiary/aromatic N) is 6. The van der Waals surface area contributed by atoms with Crippen molar-refractivity contribution in [2.24, 2.45) is 10.2 Å². The number of benzene rings is 3. The lowest BCUT2D eigenvalue weighted by molar-refractivity contribution is -0.385. The summed E-state index contributed by atoms with van der Waals surface area (Å²) in [4.78, 5) is 30.2. The van der Waals surface area contributed by atoms with Gasteiger partial charge in [-0.05, 0) is 36.4 Å². The van der Waals surface area contributed by atoms with Crippen molar-refractivity contribution in [2.45, 2.75) is 0 Å². The highest BCUT2D eigenvalue weighted by Gasteiger charge is 2.13. The summed E-state index contributed by atoms with van der Waals surface area (Å²) in [5, 5.41) is 34.3. The molecular weight excluding hydrogens is 549 g/mol. The highest BCUT2D eigenvalue weighted by Crippen LogP contribution is 2.23. The van der Waals surface area contributed by atoms with Gasteiger partial charge < -0.3 is 5.32 Å². The Morgan fingerprint density at radius 2 is 1.21 bits per heavy atom. The maximum atomic E-state index is 11.3. The van der Waals surface area contributed by atoms with Crippen LogP contribution in [0.4, 0.5) is 34.6 Å². The second kappa shape index (κ2) is 12.4. The molecule has 0 saturated carbocycles. The highest BCUT2D eigenvalue weighted by atomic mass is 35.5. The Morgan fingerprint density at radius 3 is 1.67 bits per heavy atom. The third kappa shape index (κ3) is 7.44. The third-order valence-corrected chi connectivity index (χ3v) is 5.36. The molecule has 4 rings (SSSR count). The molecule has 0 fully saturated rings. The average molecular weight is 566 g/mol. The van der Waals surface area contributed by atoms with E-state index in [1.807, 2.05) is 30.3 Å². The first-order chi connectivity index (χ1) is 18.8. The van der Waals surface area contributed by atoms with Gasteiger partial charge in [0, 0.05) is 33.9 Å². The summed E-state index contributed by atoms with van der Waals surface area (Å²) >= 11 is 11.9. The molecule has 1 heterocycles. The molecule has 39 heavy (non-hydrogen) atoms. The molecular formula is C24H17Cl2N9O4. The van der Waals surface area contributed by atoms with E-state index in [1.165, 1.54) is 54.9 Å². The fourth-order valence-electron chi connectivity index (χ4n) is 3.19. The minimum Gasteiger partial charge on any atom is -0.324 e. The van der Waals surface area contributed by atoms with Gasteiger partial charge in [0.15, 0.2) is 11.6 Å². The molecule has 0 aliphatic rings. The minimum absolute atomic E-state index is 0.168. The number of nitro groups is 2. The van der Waals surface area contributed by atoms with Crippen molar-refractivity contribution in [3.05, 3.63) is 114 Å². The molecule has 1 aromatic heterocycles. The summed E-state index contributed by atoms with van der Waals surface area (Å²) in [6.07, 6.45) is 2.47. The summed E-state index contributed by atoms with van der Waals surface area (Å²) in [5.74, 6) is 0.577. The van der Waals surface area contributed by atoms with Crippen molar-refractivity contribution in [3.63, 3.8) is 0 Å². The quantitative estimate of drug-likeness (QED) is 0.114. The van der Waals surface area contributed by atoms with Crippen molar-refractivity contribution in [1.29, 1.82) is 0 Å². The molecule has 0 bridgehead atoms. The van der Waals surface area contributed by atoms with Gasteiger partial charge in [0.25, 0.3) is 11.4 Å². The van der Waals surface area contributed by atoms with Gasteiger partial charge in [-0.25, -0.2) is 0 Å². The number of rotatable bonds is 10. The van der Waals surface area contributed by atoms with Crippen molar-refractivity contribution in [1.82, 2.24) is 9.97 Å². The Labute approximate surface area is 230 Å². The Hall–Kier alpha value is -5.14. The Morgan fingerprint density at radius 1 is 0.718 bits per heavy atom. The zero-order chi connectivity index (χ0) is 27.8. The van der Waals surface area contributed by atoms with Crippen LogP contribution in [-0.2, 0) is 0 Å². The van der Waals surface area contributed by atoms with Crippen LogP contribution in [0.1, 0.15) is 11.1 Å². The molecule has 3 aromatic carbocycles. The number of nitrogens with one attached hydrogen (secondary N) is 3. The van der Waals surface area contributed by atoms with E-state index in [0.29, 0.717) is 15.7 Å². The molecule has 0 saturated heterocycles. The van der Waals surface area contributed by atoms with E-state index >= 15 is 0 Å². The van der Waals surface area contributed by atoms with Gasteiger partial charge in [-0.1, -0.05) is 41.4 Å². The fourth-order valence-corrected chi connectivity index (χ4v) is 3.56. The SMILES string of the molecule is O=[N+]([O-])c1ccc(Cl)cc1C=NNc1cc(NN=Cc2cc(Cl)ccc2[N+](=O)[O-])nc(Nc2ccccc2)n1. The summed E-state index contributed by atoms with van der Waals surface area (Å²) in [5.41, 5.74) is 6.12. The molecule has 15 heteroatoms. The Bertz CT molecular complexity index is 1490. The van der Waals surface area contributed by atoms with Crippen LogP contribution in [0.5, 0.6) is 0 Å². The maximum Gasteiger partial charge on any atom is 0.278 e. The molecule has 3 N–H and O–H groups in total. The summed E-state index contributed by atoms with van der Waals surface area (Å²) < 4.78 is 0. The molecule has 4 aromatic rings. The molecule has 0 atom stereocenters. The van der Waals surface area contributed by atoms with Crippen molar-refractivity contribution < 1.29 is 9.85 Å². The summed E-state index contributed by atoms with van der Waals surface area (Å²) in [6.45, 7) is 0. The smallest absolute Gasteiger partial charge is 0.278 e. The third-order valence-electron chi connectivity index (χ3n) is 4.89. The van der Waals surface area contributed by atoms with Crippen LogP contribution in [0.3, 0.4) is 0 Å². The number of halogens is 2. The highest BCUT2D eigenvalue weighted by molar-refractivity contribution is 6.31. The van der Waals surface area contributed by atoms with Gasteiger partial charge in [-0.3, -0.25) is 31.1 Å². The molecule has 0 spiro atoms. The van der Waals surface area contributed by atoms with Crippen LogP contribution in [0.15, 0.2) is 83.0 Å². The molecule has 0 unspecified atom stereocenters. The van der Waals surface area contributed by atoms with Gasteiger partial charge in [0.05, 0.1) is 33.4 Å². The first-order valence-corrected chi connectivity index (χ1v) is 11.7. The van der Waals surface area contributed by atoms with Crippen LogP contribution in [0.25, 0.3) is 0 Å². The van der Waals surface area contributed by atoms with E-state index in [0.717, 1.165) is 0 Å². The maximum absolute atomic E-state index is 11.3. The van der Waals surface area contributed by atoms with E-state index in [9.17, 15) is 20.2 Å². The average Bonchev–Trinajstić information content (AvgIpc) is 2.89. The zero-order valence-electron chi connectivity index (χ0n) is 19.7. The fraction of sp³-hybridized carbons (Fsp3) is 0. The van der Waals surface area contributed by atoms with Gasteiger partial charge in [-0.2, -0.15) is 20.2 Å². The van der Waals surface area contributed by atoms with Crippen LogP contribution >= 0.6 is 23.2 Å². The first kappa shape index (κ1) is 26.9. The van der Waals surface area contributed by atoms with E-state index < -0.39 is 9.85 Å². The van der Waals surface area contributed by atoms with E-state index in [4.69, 9.17) is 23.2 Å². The number of hydrazone groups is 2. The largest absolute Gasteiger partial charge is 0.324 e. The van der Waals surface area contributed by atoms with Crippen LogP contribution in [-0.4, -0.2) is 32.2 Å². The molecule has 0 amide bonds. The first-order valence-electron chi connectivity index (χ1n) is 11.0. The normalized spacial score (nSPS) is 11.0. The molecule has 0 aliphatic carbocycles. The van der Waals surface area contributed by atoms with E-state index in [1.54, 1.807) is 0 Å². The number of hydrogen-bond donors (Lipinski definition) is 3. The number of para-hydroxylation sites is 1. The lowest BCUT2D eigenvalue weighted by atomic mass is 10.2. The molecule has 13 nitrogen and oxygen atoms in total. The standard InChI is InChI=1S/C24H17Cl2N9O4/c25-17-6-8-20(34(36)37)15(10-17)13-27-32-22-12-23(31-24(30-22)29-19-4-2-1-3-5-19)33-28-14-16-11-18(26)7-9-21(16)35(38)39/h1-14H,(H3,29,30,31,32,33). The lowest BCUT2D eigenvalue weighted by Gasteiger charge is -2.09. The minimum atomic E-state index is -0.547. The monoisotopic (exact) mass is 565 g/mol. The lowest BCUT2D eigenvalue weighted by Crippen LogP contribution is -2.04. The second-order valence-corrected chi connectivity index (χ2v) is 8.49. The van der Waals surface area contributed by atoms with E-state index in [-0.39, 0.29) is 40.1 Å². The molecule has 196 valence electrons. The van der Waals surface area contributed by atoms with Gasteiger partial charge in [-0.15, -0.1) is 0 Å². The van der Waals surface area contributed by atoms with Crippen LogP contribution < -0.4 is 16.2 Å². The number of hydrogen-bond acceptors (Lipinski definition) is 11.